The molecule has 0 bridgehead atoms. The van der Waals surface area contributed by atoms with Crippen molar-refractivity contribution < 1.29 is 9.59 Å². The number of hydrogen-bond acceptors (Lipinski definition) is 4. The molecule has 0 saturated carbocycles. The van der Waals surface area contributed by atoms with Gasteiger partial charge in [0.25, 0.3) is 11.8 Å². The molecule has 0 aromatic carbocycles. The molecule has 0 fully saturated rings. The molecule has 3 N–H and O–H groups in total. The number of nitrogens with one attached hydrogen (secondary N) is 1. The van der Waals surface area contributed by atoms with Gasteiger partial charge in [-0.2, -0.15) is 0 Å². The summed E-state index contributed by atoms with van der Waals surface area (Å²) < 4.78 is 0.762. The summed E-state index contributed by atoms with van der Waals surface area (Å²) in [5, 5.41) is 3.28. The average molecular weight is 389 g/mol. The van der Waals surface area contributed by atoms with Crippen molar-refractivity contribution in [1.82, 2.24) is 0 Å². The molecule has 2 amide bonds. The Labute approximate surface area is 151 Å². The minimum Gasteiger partial charge on any atom is -0.365 e. The van der Waals surface area contributed by atoms with Crippen LogP contribution in [0.5, 0.6) is 0 Å². The van der Waals surface area contributed by atoms with E-state index < -0.39 is 5.91 Å². The van der Waals surface area contributed by atoms with Crippen LogP contribution >= 0.6 is 45.9 Å². The molecular weight excluding hydrogens is 375 g/mol. The van der Waals surface area contributed by atoms with Crippen LogP contribution in [0.15, 0.2) is 6.07 Å². The maximum atomic E-state index is 12.4. The highest BCUT2D eigenvalue weighted by Crippen LogP contribution is 2.40. The van der Waals surface area contributed by atoms with Gasteiger partial charge in [-0.1, -0.05) is 30.1 Å². The third-order valence-corrected chi connectivity index (χ3v) is 6.54. The first-order valence-corrected chi connectivity index (χ1v) is 9.46. The molecule has 3 rings (SSSR count). The highest BCUT2D eigenvalue weighted by molar-refractivity contribution is 7.20. The van der Waals surface area contributed by atoms with Crippen LogP contribution in [0.2, 0.25) is 8.67 Å². The van der Waals surface area contributed by atoms with Crippen LogP contribution in [-0.2, 0) is 12.8 Å². The van der Waals surface area contributed by atoms with Gasteiger partial charge in [-0.3, -0.25) is 9.59 Å². The van der Waals surface area contributed by atoms with E-state index in [9.17, 15) is 9.59 Å². The van der Waals surface area contributed by atoms with Crippen molar-refractivity contribution in [3.05, 3.63) is 36.3 Å². The zero-order valence-electron chi connectivity index (χ0n) is 12.2. The Morgan fingerprint density at radius 3 is 2.70 bits per heavy atom. The first-order valence-electron chi connectivity index (χ1n) is 7.07. The van der Waals surface area contributed by atoms with Gasteiger partial charge in [0.2, 0.25) is 0 Å². The van der Waals surface area contributed by atoms with E-state index in [1.807, 2.05) is 0 Å². The van der Waals surface area contributed by atoms with Gasteiger partial charge in [0.15, 0.2) is 0 Å². The normalized spacial score (nSPS) is 16.9. The lowest BCUT2D eigenvalue weighted by Gasteiger charge is -2.18. The fraction of sp³-hybridized carbons (Fsp3) is 0.333. The van der Waals surface area contributed by atoms with Gasteiger partial charge in [0.1, 0.15) is 9.34 Å². The zero-order chi connectivity index (χ0) is 16.7. The molecule has 23 heavy (non-hydrogen) atoms. The lowest BCUT2D eigenvalue weighted by molar-refractivity contribution is 0.1000. The Kier molecular flexibility index (Phi) is 4.69. The topological polar surface area (TPSA) is 72.2 Å². The summed E-state index contributed by atoms with van der Waals surface area (Å²) in [5.74, 6) is -0.329. The summed E-state index contributed by atoms with van der Waals surface area (Å²) in [6.45, 7) is 2.18. The molecule has 0 unspecified atom stereocenters. The molecule has 2 heterocycles. The lowest BCUT2D eigenvalue weighted by Crippen LogP contribution is -2.19. The minimum absolute atomic E-state index is 0.303. The van der Waals surface area contributed by atoms with Gasteiger partial charge >= 0.3 is 0 Å². The van der Waals surface area contributed by atoms with E-state index in [0.717, 1.165) is 41.0 Å². The van der Waals surface area contributed by atoms with Crippen LogP contribution in [0.3, 0.4) is 0 Å². The fourth-order valence-electron chi connectivity index (χ4n) is 2.77. The molecule has 4 nitrogen and oxygen atoms in total. The molecule has 2 aromatic rings. The van der Waals surface area contributed by atoms with Crippen molar-refractivity contribution in [2.24, 2.45) is 11.7 Å². The summed E-state index contributed by atoms with van der Waals surface area (Å²) in [5.41, 5.74) is 7.25. The largest absolute Gasteiger partial charge is 0.365 e. The van der Waals surface area contributed by atoms with Crippen molar-refractivity contribution in [3.63, 3.8) is 0 Å². The van der Waals surface area contributed by atoms with Crippen LogP contribution in [0.1, 0.15) is 44.5 Å². The van der Waals surface area contributed by atoms with Gasteiger partial charge in [-0.25, -0.2) is 0 Å². The van der Waals surface area contributed by atoms with Crippen molar-refractivity contribution >= 4 is 62.7 Å². The second kappa shape index (κ2) is 6.43. The molecule has 122 valence electrons. The van der Waals surface area contributed by atoms with Crippen LogP contribution in [0, 0.1) is 5.92 Å². The van der Waals surface area contributed by atoms with Crippen molar-refractivity contribution in [3.8, 4) is 0 Å². The highest BCUT2D eigenvalue weighted by Gasteiger charge is 2.27. The Balaban J connectivity index is 1.95. The Morgan fingerprint density at radius 1 is 1.35 bits per heavy atom. The summed E-state index contributed by atoms with van der Waals surface area (Å²) >= 11 is 14.4. The molecule has 1 aliphatic carbocycles. The third kappa shape index (κ3) is 3.26. The van der Waals surface area contributed by atoms with E-state index in [1.54, 1.807) is 0 Å². The molecular formula is C15H14Cl2N2O2S2. The van der Waals surface area contributed by atoms with Crippen LogP contribution in [-0.4, -0.2) is 11.8 Å². The number of nitrogens with two attached hydrogens (primary N) is 1. The van der Waals surface area contributed by atoms with E-state index in [1.165, 1.54) is 17.4 Å². The number of anilines is 1. The maximum absolute atomic E-state index is 12.4. The predicted octanol–water partition coefficient (Wildman–Crippen LogP) is 4.59. The number of halogens is 2. The Bertz CT molecular complexity index is 798. The monoisotopic (exact) mass is 388 g/mol. The summed E-state index contributed by atoms with van der Waals surface area (Å²) in [6.07, 6.45) is 2.73. The Morgan fingerprint density at radius 2 is 2.09 bits per heavy atom. The highest BCUT2D eigenvalue weighted by atomic mass is 35.5. The number of primary amides is 1. The quantitative estimate of drug-likeness (QED) is 0.806. The second-order valence-electron chi connectivity index (χ2n) is 5.61. The van der Waals surface area contributed by atoms with Crippen LogP contribution in [0.25, 0.3) is 0 Å². The van der Waals surface area contributed by atoms with E-state index in [-0.39, 0.29) is 5.91 Å². The fourth-order valence-corrected chi connectivity index (χ4v) is 5.63. The number of thiophene rings is 2. The van der Waals surface area contributed by atoms with Crippen molar-refractivity contribution in [1.29, 1.82) is 0 Å². The summed E-state index contributed by atoms with van der Waals surface area (Å²) in [6, 6.07) is 1.52. The van der Waals surface area contributed by atoms with Crippen molar-refractivity contribution in [2.45, 2.75) is 26.2 Å². The average Bonchev–Trinajstić information content (AvgIpc) is 2.97. The van der Waals surface area contributed by atoms with Gasteiger partial charge in [-0.15, -0.1) is 22.7 Å². The second-order valence-corrected chi connectivity index (χ2v) is 9.00. The SMILES string of the molecule is C[C@@H]1CCc2c(sc(NC(=O)c3cc(Cl)sc3Cl)c2C(N)=O)C1. The van der Waals surface area contributed by atoms with E-state index >= 15 is 0 Å². The zero-order valence-corrected chi connectivity index (χ0v) is 15.4. The smallest absolute Gasteiger partial charge is 0.258 e. The molecule has 1 aliphatic rings. The van der Waals surface area contributed by atoms with E-state index in [4.69, 9.17) is 28.9 Å². The van der Waals surface area contributed by atoms with Crippen molar-refractivity contribution in [2.75, 3.05) is 5.32 Å². The molecule has 8 heteroatoms. The van der Waals surface area contributed by atoms with Gasteiger partial charge in [0.05, 0.1) is 15.5 Å². The summed E-state index contributed by atoms with van der Waals surface area (Å²) in [4.78, 5) is 25.4. The molecule has 0 aliphatic heterocycles. The first kappa shape index (κ1) is 16.8. The predicted molar refractivity (Wildman–Crippen MR) is 96.3 cm³/mol. The van der Waals surface area contributed by atoms with Gasteiger partial charge in [0, 0.05) is 4.88 Å². The molecule has 0 spiro atoms. The third-order valence-electron chi connectivity index (χ3n) is 3.89. The van der Waals surface area contributed by atoms with Crippen LogP contribution < -0.4 is 11.1 Å². The molecule has 0 saturated heterocycles. The van der Waals surface area contributed by atoms with Gasteiger partial charge < -0.3 is 11.1 Å². The molecule has 0 radical (unpaired) electrons. The number of fused-ring (bicyclic) bond motifs is 1. The van der Waals surface area contributed by atoms with Crippen LogP contribution in [0.4, 0.5) is 5.00 Å². The van der Waals surface area contributed by atoms with E-state index in [2.05, 4.69) is 12.2 Å². The molecule has 1 atom stereocenters. The number of rotatable bonds is 3. The Hall–Kier alpha value is -1.08. The number of hydrogen-bond donors (Lipinski definition) is 2. The van der Waals surface area contributed by atoms with Gasteiger partial charge in [-0.05, 0) is 36.8 Å². The maximum Gasteiger partial charge on any atom is 0.258 e. The number of carbonyl (C=O) groups is 2. The number of carbonyl (C=O) groups excluding carboxylic acids is 2. The standard InChI is InChI=1S/C15H14Cl2N2O2S2/c1-6-2-3-7-9(4-6)22-15(11(7)13(18)20)19-14(21)8-5-10(16)23-12(8)17/h5-6H,2-4H2,1H3,(H2,18,20)(H,19,21)/t6-/m1/s1. The minimum atomic E-state index is -0.512. The lowest BCUT2D eigenvalue weighted by atomic mass is 9.88. The molecule has 2 aromatic heterocycles. The number of amides is 2. The first-order chi connectivity index (χ1) is 10.9. The van der Waals surface area contributed by atoms with E-state index in [0.29, 0.717) is 30.7 Å². The summed E-state index contributed by atoms with van der Waals surface area (Å²) in [7, 11) is 0.